The first-order valence-corrected chi connectivity index (χ1v) is 4.84. The van der Waals surface area contributed by atoms with E-state index in [9.17, 15) is 10.1 Å². The van der Waals surface area contributed by atoms with E-state index in [0.29, 0.717) is 12.4 Å². The molecule has 1 rings (SSSR count). The second-order valence-electron chi connectivity index (χ2n) is 3.06. The molecular weight excluding hydrogens is 208 g/mol. The topological polar surface area (TPSA) is 70.8 Å². The summed E-state index contributed by atoms with van der Waals surface area (Å²) in [5, 5.41) is 19.3. The molecule has 0 bridgehead atoms. The Morgan fingerprint density at radius 2 is 2.38 bits per heavy atom. The summed E-state index contributed by atoms with van der Waals surface area (Å²) in [5.41, 5.74) is 0.742. The lowest BCUT2D eigenvalue weighted by Gasteiger charge is -2.17. The highest BCUT2D eigenvalue weighted by atomic mass is 16.6. The fourth-order valence-electron chi connectivity index (χ4n) is 1.26. The Labute approximate surface area is 93.7 Å². The standard InChI is InChI=1S/C10H14N4O2/c1-3-12-13(8-11-2)9-5-4-6-10(7-9)14(15)16/h3-7,11H,8H2,1-2H3/b12-3-. The Morgan fingerprint density at radius 3 is 2.94 bits per heavy atom. The number of nitro benzene ring substituents is 1. The number of nitrogens with zero attached hydrogens (tertiary/aromatic N) is 3. The van der Waals surface area contributed by atoms with Gasteiger partial charge in [-0.15, -0.1) is 0 Å². The van der Waals surface area contributed by atoms with E-state index < -0.39 is 4.92 Å². The largest absolute Gasteiger partial charge is 0.301 e. The van der Waals surface area contributed by atoms with Crippen molar-refractivity contribution in [3.05, 3.63) is 34.4 Å². The lowest BCUT2D eigenvalue weighted by molar-refractivity contribution is -0.384. The van der Waals surface area contributed by atoms with Crippen LogP contribution in [0.5, 0.6) is 0 Å². The second kappa shape index (κ2) is 5.82. The first kappa shape index (κ1) is 12.1. The molecule has 0 atom stereocenters. The van der Waals surface area contributed by atoms with Gasteiger partial charge in [0.05, 0.1) is 17.3 Å². The Kier molecular flexibility index (Phi) is 4.41. The highest BCUT2D eigenvalue weighted by molar-refractivity contribution is 5.59. The van der Waals surface area contributed by atoms with E-state index in [1.165, 1.54) is 12.1 Å². The minimum atomic E-state index is -0.420. The molecule has 0 heterocycles. The van der Waals surface area contributed by atoms with Gasteiger partial charge in [0.2, 0.25) is 0 Å². The lowest BCUT2D eigenvalue weighted by atomic mass is 10.3. The number of non-ortho nitro benzene ring substituents is 1. The van der Waals surface area contributed by atoms with E-state index in [4.69, 9.17) is 0 Å². The van der Waals surface area contributed by atoms with Gasteiger partial charge in [-0.1, -0.05) is 6.07 Å². The van der Waals surface area contributed by atoms with Gasteiger partial charge in [-0.25, -0.2) is 0 Å². The van der Waals surface area contributed by atoms with Gasteiger partial charge in [0.25, 0.3) is 5.69 Å². The molecule has 0 radical (unpaired) electrons. The number of rotatable bonds is 5. The van der Waals surface area contributed by atoms with Crippen LogP contribution in [0.3, 0.4) is 0 Å². The van der Waals surface area contributed by atoms with Gasteiger partial charge in [0, 0.05) is 18.3 Å². The van der Waals surface area contributed by atoms with Crippen molar-refractivity contribution in [1.29, 1.82) is 0 Å². The van der Waals surface area contributed by atoms with Crippen LogP contribution >= 0.6 is 0 Å². The van der Waals surface area contributed by atoms with Gasteiger partial charge < -0.3 is 5.32 Å². The summed E-state index contributed by atoms with van der Waals surface area (Å²) in [6.45, 7) is 2.28. The van der Waals surface area contributed by atoms with Crippen molar-refractivity contribution in [2.75, 3.05) is 18.7 Å². The summed E-state index contributed by atoms with van der Waals surface area (Å²) in [6, 6.07) is 6.36. The number of nitrogens with one attached hydrogen (secondary N) is 1. The van der Waals surface area contributed by atoms with Gasteiger partial charge in [-0.3, -0.25) is 15.1 Å². The van der Waals surface area contributed by atoms with Gasteiger partial charge in [-0.05, 0) is 20.0 Å². The van der Waals surface area contributed by atoms with Crippen molar-refractivity contribution in [2.45, 2.75) is 6.92 Å². The van der Waals surface area contributed by atoms with E-state index >= 15 is 0 Å². The SMILES string of the molecule is C/C=N\N(CNC)c1cccc([N+](=O)[O-])c1. The number of hydrogen-bond acceptors (Lipinski definition) is 5. The van der Waals surface area contributed by atoms with Crippen LogP contribution in [-0.4, -0.2) is 24.9 Å². The molecule has 0 aliphatic rings. The smallest absolute Gasteiger partial charge is 0.271 e. The van der Waals surface area contributed by atoms with E-state index in [1.54, 1.807) is 37.3 Å². The minimum absolute atomic E-state index is 0.0601. The van der Waals surface area contributed by atoms with Crippen LogP contribution in [0.2, 0.25) is 0 Å². The molecule has 0 aliphatic carbocycles. The quantitative estimate of drug-likeness (QED) is 0.355. The molecule has 6 heteroatoms. The summed E-state index contributed by atoms with van der Waals surface area (Å²) >= 11 is 0. The predicted octanol–water partition coefficient (Wildman–Crippen LogP) is 1.58. The van der Waals surface area contributed by atoms with Crippen molar-refractivity contribution in [3.63, 3.8) is 0 Å². The highest BCUT2D eigenvalue weighted by Crippen LogP contribution is 2.20. The Morgan fingerprint density at radius 1 is 1.62 bits per heavy atom. The summed E-state index contributed by atoms with van der Waals surface area (Å²) in [5.74, 6) is 0. The molecule has 1 aromatic carbocycles. The number of anilines is 1. The fourth-order valence-corrected chi connectivity index (χ4v) is 1.26. The third-order valence-electron chi connectivity index (χ3n) is 1.90. The van der Waals surface area contributed by atoms with Crippen molar-refractivity contribution in [3.8, 4) is 0 Å². The third kappa shape index (κ3) is 3.03. The maximum Gasteiger partial charge on any atom is 0.271 e. The minimum Gasteiger partial charge on any atom is -0.301 e. The predicted molar refractivity (Wildman–Crippen MR) is 63.7 cm³/mol. The Hall–Kier alpha value is -1.95. The van der Waals surface area contributed by atoms with Gasteiger partial charge in [0.15, 0.2) is 0 Å². The number of hydrazone groups is 1. The van der Waals surface area contributed by atoms with E-state index in [-0.39, 0.29) is 5.69 Å². The molecule has 1 N–H and O–H groups in total. The Bertz CT molecular complexity index is 392. The molecule has 0 aromatic heterocycles. The number of nitro groups is 1. The van der Waals surface area contributed by atoms with Crippen LogP contribution in [0.25, 0.3) is 0 Å². The van der Waals surface area contributed by atoms with E-state index in [0.717, 1.165) is 0 Å². The zero-order chi connectivity index (χ0) is 12.0. The maximum atomic E-state index is 10.6. The van der Waals surface area contributed by atoms with E-state index in [2.05, 4.69) is 10.4 Å². The van der Waals surface area contributed by atoms with Crippen LogP contribution in [0.1, 0.15) is 6.92 Å². The molecule has 16 heavy (non-hydrogen) atoms. The fraction of sp³-hybridized carbons (Fsp3) is 0.300. The van der Waals surface area contributed by atoms with E-state index in [1.807, 2.05) is 0 Å². The van der Waals surface area contributed by atoms with Gasteiger partial charge in [0.1, 0.15) is 0 Å². The van der Waals surface area contributed by atoms with Crippen molar-refractivity contribution in [2.24, 2.45) is 5.10 Å². The summed E-state index contributed by atoms with van der Waals surface area (Å²) in [4.78, 5) is 10.2. The normalized spacial score (nSPS) is 10.6. The molecule has 0 saturated heterocycles. The molecule has 0 fully saturated rings. The molecule has 0 aliphatic heterocycles. The highest BCUT2D eigenvalue weighted by Gasteiger charge is 2.09. The first-order valence-electron chi connectivity index (χ1n) is 4.84. The monoisotopic (exact) mass is 222 g/mol. The number of benzene rings is 1. The molecule has 6 nitrogen and oxygen atoms in total. The first-order chi connectivity index (χ1) is 7.69. The lowest BCUT2D eigenvalue weighted by Crippen LogP contribution is -2.27. The third-order valence-corrected chi connectivity index (χ3v) is 1.90. The Balaban J connectivity index is 2.99. The number of hydrogen-bond donors (Lipinski definition) is 1. The average molecular weight is 222 g/mol. The van der Waals surface area contributed by atoms with Crippen LogP contribution in [-0.2, 0) is 0 Å². The van der Waals surface area contributed by atoms with Crippen LogP contribution < -0.4 is 10.3 Å². The zero-order valence-corrected chi connectivity index (χ0v) is 9.25. The summed E-state index contributed by atoms with van der Waals surface area (Å²) in [6.07, 6.45) is 1.64. The molecule has 0 unspecified atom stereocenters. The second-order valence-corrected chi connectivity index (χ2v) is 3.06. The van der Waals surface area contributed by atoms with Crippen LogP contribution in [0.4, 0.5) is 11.4 Å². The molecule has 86 valence electrons. The molecule has 0 spiro atoms. The average Bonchev–Trinajstić information content (AvgIpc) is 2.29. The van der Waals surface area contributed by atoms with Gasteiger partial charge >= 0.3 is 0 Å². The maximum absolute atomic E-state index is 10.6. The summed E-state index contributed by atoms with van der Waals surface area (Å²) in [7, 11) is 1.79. The van der Waals surface area contributed by atoms with Crippen molar-refractivity contribution < 1.29 is 4.92 Å². The zero-order valence-electron chi connectivity index (χ0n) is 9.25. The van der Waals surface area contributed by atoms with Crippen molar-refractivity contribution >= 4 is 17.6 Å². The van der Waals surface area contributed by atoms with Crippen molar-refractivity contribution in [1.82, 2.24) is 5.32 Å². The molecule has 0 saturated carbocycles. The molecule has 0 amide bonds. The molecule has 1 aromatic rings. The van der Waals surface area contributed by atoms with Gasteiger partial charge in [-0.2, -0.15) is 5.10 Å². The van der Waals surface area contributed by atoms with Crippen LogP contribution in [0, 0.1) is 10.1 Å². The summed E-state index contributed by atoms with van der Waals surface area (Å²) < 4.78 is 0. The molecular formula is C10H14N4O2. The van der Waals surface area contributed by atoms with Crippen LogP contribution in [0.15, 0.2) is 29.4 Å².